The SMILES string of the molecule is CCC(c1nnnn1C(C)(C)CC)N(Cc1cc2c(C)cc(C)cc2[nH]c1=O)C1CCCCC1. The van der Waals surface area contributed by atoms with Crippen molar-refractivity contribution in [2.24, 2.45) is 0 Å². The van der Waals surface area contributed by atoms with E-state index in [4.69, 9.17) is 0 Å². The minimum atomic E-state index is -0.167. The molecule has 1 aliphatic carbocycles. The lowest BCUT2D eigenvalue weighted by Crippen LogP contribution is -2.42. The van der Waals surface area contributed by atoms with Crippen LogP contribution in [0.4, 0.5) is 0 Å². The van der Waals surface area contributed by atoms with Gasteiger partial charge in [-0.15, -0.1) is 5.10 Å². The molecule has 7 nitrogen and oxygen atoms in total. The largest absolute Gasteiger partial charge is 0.322 e. The summed E-state index contributed by atoms with van der Waals surface area (Å²) in [7, 11) is 0. The highest BCUT2D eigenvalue weighted by Gasteiger charge is 2.34. The van der Waals surface area contributed by atoms with Crippen molar-refractivity contribution in [2.45, 2.75) is 111 Å². The lowest BCUT2D eigenvalue weighted by molar-refractivity contribution is 0.0801. The van der Waals surface area contributed by atoms with Gasteiger partial charge in [0.1, 0.15) is 0 Å². The first kappa shape index (κ1) is 24.6. The monoisotopic (exact) mass is 464 g/mol. The number of aromatic amines is 1. The van der Waals surface area contributed by atoms with Crippen LogP contribution >= 0.6 is 0 Å². The number of benzene rings is 1. The summed E-state index contributed by atoms with van der Waals surface area (Å²) in [5, 5.41) is 14.1. The molecule has 1 N–H and O–H groups in total. The number of aryl methyl sites for hydroxylation is 2. The zero-order chi connectivity index (χ0) is 24.5. The second-order valence-electron chi connectivity index (χ2n) is 10.7. The highest BCUT2D eigenvalue weighted by atomic mass is 16.1. The maximum atomic E-state index is 13.2. The molecule has 4 rings (SSSR count). The Kier molecular flexibility index (Phi) is 7.22. The Bertz CT molecular complexity index is 1190. The third-order valence-corrected chi connectivity index (χ3v) is 7.80. The maximum absolute atomic E-state index is 13.2. The van der Waals surface area contributed by atoms with Crippen LogP contribution in [0.25, 0.3) is 10.9 Å². The highest BCUT2D eigenvalue weighted by Crippen LogP contribution is 2.34. The van der Waals surface area contributed by atoms with Gasteiger partial charge in [0.15, 0.2) is 5.82 Å². The van der Waals surface area contributed by atoms with Gasteiger partial charge in [-0.1, -0.05) is 39.2 Å². The van der Waals surface area contributed by atoms with Crippen molar-refractivity contribution >= 4 is 10.9 Å². The molecule has 1 fully saturated rings. The van der Waals surface area contributed by atoms with Crippen LogP contribution in [0.15, 0.2) is 23.0 Å². The number of rotatable bonds is 8. The highest BCUT2D eigenvalue weighted by molar-refractivity contribution is 5.83. The number of pyridine rings is 1. The molecule has 7 heteroatoms. The number of fused-ring (bicyclic) bond motifs is 1. The van der Waals surface area contributed by atoms with E-state index < -0.39 is 0 Å². The Morgan fingerprint density at radius 1 is 1.15 bits per heavy atom. The fourth-order valence-electron chi connectivity index (χ4n) is 5.48. The van der Waals surface area contributed by atoms with Gasteiger partial charge >= 0.3 is 0 Å². The number of aromatic nitrogens is 5. The predicted molar refractivity (Wildman–Crippen MR) is 137 cm³/mol. The topological polar surface area (TPSA) is 79.7 Å². The summed E-state index contributed by atoms with van der Waals surface area (Å²) in [6, 6.07) is 6.81. The van der Waals surface area contributed by atoms with Gasteiger partial charge in [-0.2, -0.15) is 0 Å². The molecule has 1 saturated carbocycles. The molecule has 3 aromatic rings. The zero-order valence-electron chi connectivity index (χ0n) is 21.7. The Labute approximate surface area is 202 Å². The number of H-pyrrole nitrogens is 1. The Morgan fingerprint density at radius 3 is 2.56 bits per heavy atom. The van der Waals surface area contributed by atoms with Crippen LogP contribution in [0.2, 0.25) is 0 Å². The lowest BCUT2D eigenvalue weighted by Gasteiger charge is -2.40. The average molecular weight is 465 g/mol. The maximum Gasteiger partial charge on any atom is 0.252 e. The van der Waals surface area contributed by atoms with Crippen LogP contribution in [-0.4, -0.2) is 36.1 Å². The molecule has 0 bridgehead atoms. The van der Waals surface area contributed by atoms with Crippen molar-refractivity contribution < 1.29 is 0 Å². The molecule has 1 unspecified atom stereocenters. The Hall–Kier alpha value is -2.54. The zero-order valence-corrected chi connectivity index (χ0v) is 21.7. The Balaban J connectivity index is 1.78. The van der Waals surface area contributed by atoms with E-state index in [2.05, 4.69) is 85.2 Å². The summed E-state index contributed by atoms with van der Waals surface area (Å²) in [5.41, 5.74) is 3.92. The first-order chi connectivity index (χ1) is 16.2. The standard InChI is InChI=1S/C27H40N6O/c1-7-24(25-29-30-31-33(25)27(5,6)8-2)32(21-12-10-9-11-13-21)17-20-16-22-19(4)14-18(3)15-23(22)28-26(20)34/h14-16,21,24H,7-13,17H2,1-6H3,(H,28,34). The minimum Gasteiger partial charge on any atom is -0.322 e. The van der Waals surface area contributed by atoms with E-state index >= 15 is 0 Å². The van der Waals surface area contributed by atoms with Gasteiger partial charge in [0.25, 0.3) is 5.56 Å². The molecular weight excluding hydrogens is 424 g/mol. The van der Waals surface area contributed by atoms with E-state index in [-0.39, 0.29) is 17.1 Å². The van der Waals surface area contributed by atoms with Crippen LogP contribution in [0.1, 0.15) is 101 Å². The average Bonchev–Trinajstić information content (AvgIpc) is 3.30. The fraction of sp³-hybridized carbons (Fsp3) is 0.630. The first-order valence-electron chi connectivity index (χ1n) is 12.9. The fourth-order valence-corrected chi connectivity index (χ4v) is 5.48. The van der Waals surface area contributed by atoms with Gasteiger partial charge in [0.2, 0.25) is 0 Å². The summed E-state index contributed by atoms with van der Waals surface area (Å²) in [6.45, 7) is 13.5. The molecule has 184 valence electrons. The van der Waals surface area contributed by atoms with Gasteiger partial charge < -0.3 is 4.98 Å². The second kappa shape index (κ2) is 9.98. The molecular formula is C27H40N6O. The second-order valence-corrected chi connectivity index (χ2v) is 10.7. The van der Waals surface area contributed by atoms with Crippen molar-refractivity contribution in [3.8, 4) is 0 Å². The molecule has 1 aromatic carbocycles. The van der Waals surface area contributed by atoms with Gasteiger partial charge in [0.05, 0.1) is 11.6 Å². The molecule has 34 heavy (non-hydrogen) atoms. The van der Waals surface area contributed by atoms with Crippen LogP contribution in [0.5, 0.6) is 0 Å². The van der Waals surface area contributed by atoms with Crippen molar-refractivity contribution in [2.75, 3.05) is 0 Å². The van der Waals surface area contributed by atoms with E-state index in [9.17, 15) is 4.79 Å². The number of nitrogens with zero attached hydrogens (tertiary/aromatic N) is 5. The molecule has 0 aliphatic heterocycles. The molecule has 2 heterocycles. The van der Waals surface area contributed by atoms with E-state index in [1.807, 2.05) is 4.68 Å². The van der Waals surface area contributed by atoms with Crippen molar-refractivity contribution in [1.29, 1.82) is 0 Å². The molecule has 0 radical (unpaired) electrons. The third kappa shape index (κ3) is 4.81. The number of hydrogen-bond acceptors (Lipinski definition) is 5. The molecule has 1 aliphatic rings. The summed E-state index contributed by atoms with van der Waals surface area (Å²) in [6.07, 6.45) is 7.88. The van der Waals surface area contributed by atoms with Gasteiger partial charge in [-0.3, -0.25) is 9.69 Å². The minimum absolute atomic E-state index is 0.00152. The van der Waals surface area contributed by atoms with E-state index in [1.54, 1.807) is 0 Å². The van der Waals surface area contributed by atoms with E-state index in [1.165, 1.54) is 24.8 Å². The smallest absolute Gasteiger partial charge is 0.252 e. The van der Waals surface area contributed by atoms with E-state index in [0.29, 0.717) is 12.6 Å². The van der Waals surface area contributed by atoms with Gasteiger partial charge in [-0.05, 0) is 87.1 Å². The van der Waals surface area contributed by atoms with Crippen molar-refractivity contribution in [1.82, 2.24) is 30.1 Å². The van der Waals surface area contributed by atoms with Gasteiger partial charge in [0, 0.05) is 29.1 Å². The molecule has 0 amide bonds. The number of tetrazole rings is 1. The van der Waals surface area contributed by atoms with Crippen LogP contribution in [0.3, 0.4) is 0 Å². The van der Waals surface area contributed by atoms with Crippen LogP contribution in [0, 0.1) is 13.8 Å². The summed E-state index contributed by atoms with van der Waals surface area (Å²) < 4.78 is 2.01. The van der Waals surface area contributed by atoms with Gasteiger partial charge in [-0.25, -0.2) is 4.68 Å². The third-order valence-electron chi connectivity index (χ3n) is 7.80. The van der Waals surface area contributed by atoms with Crippen molar-refractivity contribution in [3.05, 3.63) is 51.1 Å². The predicted octanol–water partition coefficient (Wildman–Crippen LogP) is 5.56. The first-order valence-corrected chi connectivity index (χ1v) is 12.9. The number of hydrogen-bond donors (Lipinski definition) is 1. The molecule has 1 atom stereocenters. The number of nitrogens with one attached hydrogen (secondary N) is 1. The lowest BCUT2D eigenvalue weighted by atomic mass is 9.91. The van der Waals surface area contributed by atoms with Crippen LogP contribution < -0.4 is 5.56 Å². The van der Waals surface area contributed by atoms with Crippen molar-refractivity contribution in [3.63, 3.8) is 0 Å². The normalized spacial score (nSPS) is 16.4. The summed E-state index contributed by atoms with van der Waals surface area (Å²) in [5.74, 6) is 0.906. The summed E-state index contributed by atoms with van der Waals surface area (Å²) >= 11 is 0. The molecule has 2 aromatic heterocycles. The summed E-state index contributed by atoms with van der Waals surface area (Å²) in [4.78, 5) is 18.9. The molecule has 0 spiro atoms. The Morgan fingerprint density at radius 2 is 1.88 bits per heavy atom. The molecule has 0 saturated heterocycles. The quantitative estimate of drug-likeness (QED) is 0.472. The van der Waals surface area contributed by atoms with Crippen LogP contribution in [-0.2, 0) is 12.1 Å². The van der Waals surface area contributed by atoms with E-state index in [0.717, 1.165) is 53.5 Å².